The second-order valence-corrected chi connectivity index (χ2v) is 11.6. The highest BCUT2D eigenvalue weighted by atomic mass is 16.6. The zero-order chi connectivity index (χ0) is 18.4. The molecule has 3 heteroatoms. The average molecular weight is 367 g/mol. The van der Waals surface area contributed by atoms with Gasteiger partial charge in [0.25, 0.3) is 0 Å². The third kappa shape index (κ3) is 1.48. The van der Waals surface area contributed by atoms with Crippen molar-refractivity contribution in [3.05, 3.63) is 11.6 Å². The van der Waals surface area contributed by atoms with Gasteiger partial charge in [0.2, 0.25) is 0 Å². The van der Waals surface area contributed by atoms with E-state index < -0.39 is 0 Å². The Morgan fingerprint density at radius 3 is 2.70 bits per heavy atom. The molecule has 1 saturated heterocycles. The SMILES string of the molecule is CC12CCC(=O)C=C1C1CC1C1C3CC[C@@]4(CCC(=O)O4)C3(C)CC3CC312. The summed E-state index contributed by atoms with van der Waals surface area (Å²) in [5.74, 6) is 4.20. The smallest absolute Gasteiger partial charge is 0.306 e. The van der Waals surface area contributed by atoms with Crippen LogP contribution in [0.15, 0.2) is 11.6 Å². The van der Waals surface area contributed by atoms with Gasteiger partial charge in [-0.15, -0.1) is 0 Å². The van der Waals surface area contributed by atoms with Crippen LogP contribution in [0.5, 0.6) is 0 Å². The van der Waals surface area contributed by atoms with Crippen molar-refractivity contribution in [1.29, 1.82) is 0 Å². The fourth-order valence-corrected chi connectivity index (χ4v) is 9.96. The number of hydrogen-bond acceptors (Lipinski definition) is 3. The Morgan fingerprint density at radius 2 is 1.93 bits per heavy atom. The summed E-state index contributed by atoms with van der Waals surface area (Å²) in [5.41, 5.74) is 2.29. The summed E-state index contributed by atoms with van der Waals surface area (Å²) in [6.45, 7) is 5.01. The van der Waals surface area contributed by atoms with E-state index in [0.717, 1.165) is 43.4 Å². The fourth-order valence-electron chi connectivity index (χ4n) is 9.96. The van der Waals surface area contributed by atoms with E-state index >= 15 is 0 Å². The first-order chi connectivity index (χ1) is 12.8. The van der Waals surface area contributed by atoms with Crippen molar-refractivity contribution in [1.82, 2.24) is 0 Å². The molecule has 0 aromatic heterocycles. The summed E-state index contributed by atoms with van der Waals surface area (Å²) in [7, 11) is 0. The Balaban J connectivity index is 1.36. The minimum atomic E-state index is -0.159. The van der Waals surface area contributed by atoms with Crippen LogP contribution < -0.4 is 0 Å². The van der Waals surface area contributed by atoms with E-state index in [9.17, 15) is 9.59 Å². The molecule has 7 aliphatic rings. The number of esters is 1. The maximum Gasteiger partial charge on any atom is 0.306 e. The highest BCUT2D eigenvalue weighted by Gasteiger charge is 2.83. The van der Waals surface area contributed by atoms with Crippen LogP contribution in [0.3, 0.4) is 0 Å². The topological polar surface area (TPSA) is 43.4 Å². The van der Waals surface area contributed by atoms with Gasteiger partial charge in [0.1, 0.15) is 5.60 Å². The molecule has 1 heterocycles. The standard InChI is InChI=1S/C24H30O3/c1-21-6-3-14(25)9-18(21)15-10-16(15)20-17-4-7-23(8-5-19(26)27-23)22(17,2)11-13-12-24(13,20)21/h9,13,15-17,20H,3-8,10-12H2,1-2H3/t13?,15?,16?,17?,20?,21?,22?,23-,24?/m1/s1. The van der Waals surface area contributed by atoms with Crippen LogP contribution in [0.4, 0.5) is 0 Å². The van der Waals surface area contributed by atoms with Crippen molar-refractivity contribution in [2.24, 2.45) is 45.8 Å². The van der Waals surface area contributed by atoms with Crippen LogP contribution in [-0.4, -0.2) is 17.4 Å². The van der Waals surface area contributed by atoms with Crippen molar-refractivity contribution in [2.45, 2.75) is 77.2 Å². The van der Waals surface area contributed by atoms with Gasteiger partial charge in [-0.3, -0.25) is 9.59 Å². The van der Waals surface area contributed by atoms with Crippen molar-refractivity contribution in [3.63, 3.8) is 0 Å². The van der Waals surface area contributed by atoms with Crippen LogP contribution >= 0.6 is 0 Å². The molecule has 0 aromatic carbocycles. The molecule has 0 radical (unpaired) electrons. The first kappa shape index (κ1) is 15.8. The highest BCUT2D eigenvalue weighted by molar-refractivity contribution is 5.92. The molecule has 3 nitrogen and oxygen atoms in total. The van der Waals surface area contributed by atoms with E-state index in [2.05, 4.69) is 19.9 Å². The molecule has 27 heavy (non-hydrogen) atoms. The number of rotatable bonds is 0. The predicted molar refractivity (Wildman–Crippen MR) is 99.6 cm³/mol. The van der Waals surface area contributed by atoms with Crippen molar-refractivity contribution < 1.29 is 14.3 Å². The molecule has 0 amide bonds. The van der Waals surface area contributed by atoms with Gasteiger partial charge in [-0.1, -0.05) is 19.4 Å². The third-order valence-corrected chi connectivity index (χ3v) is 11.2. The highest BCUT2D eigenvalue weighted by Crippen LogP contribution is 2.88. The number of hydrogen-bond donors (Lipinski definition) is 0. The molecule has 0 aromatic rings. The minimum absolute atomic E-state index is 0.0421. The van der Waals surface area contributed by atoms with Crippen molar-refractivity contribution >= 4 is 11.8 Å². The van der Waals surface area contributed by atoms with Gasteiger partial charge >= 0.3 is 5.97 Å². The van der Waals surface area contributed by atoms with Crippen LogP contribution in [0.2, 0.25) is 0 Å². The summed E-state index contributed by atoms with van der Waals surface area (Å²) in [4.78, 5) is 24.3. The van der Waals surface area contributed by atoms with Gasteiger partial charge < -0.3 is 4.74 Å². The lowest BCUT2D eigenvalue weighted by Crippen LogP contribution is -2.56. The molecule has 6 fully saturated rings. The van der Waals surface area contributed by atoms with Gasteiger partial charge in [-0.25, -0.2) is 0 Å². The number of carbonyl (C=O) groups excluding carboxylic acids is 2. The third-order valence-electron chi connectivity index (χ3n) is 11.2. The second-order valence-electron chi connectivity index (χ2n) is 11.6. The minimum Gasteiger partial charge on any atom is -0.458 e. The summed E-state index contributed by atoms with van der Waals surface area (Å²) in [6, 6.07) is 0. The molecule has 1 aliphatic heterocycles. The van der Waals surface area contributed by atoms with Gasteiger partial charge in [0.15, 0.2) is 5.78 Å². The molecular weight excluding hydrogens is 336 g/mol. The molecule has 0 bridgehead atoms. The van der Waals surface area contributed by atoms with E-state index in [1.165, 1.54) is 25.7 Å². The molecule has 5 saturated carbocycles. The van der Waals surface area contributed by atoms with E-state index in [-0.39, 0.29) is 22.4 Å². The first-order valence-electron chi connectivity index (χ1n) is 11.3. The van der Waals surface area contributed by atoms with Crippen LogP contribution in [0, 0.1) is 45.8 Å². The van der Waals surface area contributed by atoms with Crippen molar-refractivity contribution in [3.8, 4) is 0 Å². The molecule has 144 valence electrons. The maximum absolute atomic E-state index is 12.2. The van der Waals surface area contributed by atoms with E-state index in [1.807, 2.05) is 0 Å². The number of fused-ring (bicyclic) bond motifs is 7. The molecule has 8 unspecified atom stereocenters. The predicted octanol–water partition coefficient (Wildman–Crippen LogP) is 4.45. The Labute approximate surface area is 161 Å². The fraction of sp³-hybridized carbons (Fsp3) is 0.833. The Morgan fingerprint density at radius 1 is 1.07 bits per heavy atom. The quantitative estimate of drug-likeness (QED) is 0.595. The largest absolute Gasteiger partial charge is 0.458 e. The molecule has 9 atom stereocenters. The van der Waals surface area contributed by atoms with Crippen LogP contribution in [0.25, 0.3) is 0 Å². The van der Waals surface area contributed by atoms with Crippen LogP contribution in [-0.2, 0) is 14.3 Å². The zero-order valence-corrected chi connectivity index (χ0v) is 16.6. The monoisotopic (exact) mass is 366 g/mol. The van der Waals surface area contributed by atoms with E-state index in [0.29, 0.717) is 29.5 Å². The number of allylic oxidation sites excluding steroid dienone is 1. The van der Waals surface area contributed by atoms with Gasteiger partial charge in [0.05, 0.1) is 0 Å². The van der Waals surface area contributed by atoms with E-state index in [1.54, 1.807) is 5.57 Å². The Bertz CT molecular complexity index is 843. The molecule has 7 rings (SSSR count). The summed E-state index contributed by atoms with van der Waals surface area (Å²) < 4.78 is 6.13. The molecule has 6 aliphatic carbocycles. The van der Waals surface area contributed by atoms with Gasteiger partial charge in [-0.05, 0) is 91.4 Å². The average Bonchev–Trinajstić information content (AvgIpc) is 3.49. The van der Waals surface area contributed by atoms with Crippen molar-refractivity contribution in [2.75, 3.05) is 0 Å². The molecule has 2 spiro atoms. The molecule has 0 N–H and O–H groups in total. The van der Waals surface area contributed by atoms with Gasteiger partial charge in [-0.2, -0.15) is 0 Å². The Kier molecular flexibility index (Phi) is 2.47. The lowest BCUT2D eigenvalue weighted by Gasteiger charge is -2.59. The zero-order valence-electron chi connectivity index (χ0n) is 16.6. The van der Waals surface area contributed by atoms with Gasteiger partial charge in [0, 0.05) is 18.3 Å². The summed E-state index contributed by atoms with van der Waals surface area (Å²) in [6.07, 6.45) is 11.8. The lowest BCUT2D eigenvalue weighted by molar-refractivity contribution is -0.169. The summed E-state index contributed by atoms with van der Waals surface area (Å²) in [5, 5.41) is 0. The maximum atomic E-state index is 12.2. The second kappa shape index (κ2) is 4.24. The first-order valence-corrected chi connectivity index (χ1v) is 11.3. The number of ketones is 1. The summed E-state index contributed by atoms with van der Waals surface area (Å²) >= 11 is 0. The normalized spacial score (nSPS) is 62.0. The number of carbonyl (C=O) groups is 2. The number of ether oxygens (including phenoxy) is 1. The van der Waals surface area contributed by atoms with E-state index in [4.69, 9.17) is 4.74 Å². The Hall–Kier alpha value is -1.12. The lowest BCUT2D eigenvalue weighted by atomic mass is 9.45. The van der Waals surface area contributed by atoms with Crippen LogP contribution in [0.1, 0.15) is 71.6 Å². The molecular formula is C24H30O3.